The third-order valence-electron chi connectivity index (χ3n) is 9.81. The summed E-state index contributed by atoms with van der Waals surface area (Å²) in [5.74, 6) is 0.424. The Kier molecular flexibility index (Phi) is 6.33. The topological polar surface area (TPSA) is 55.9 Å². The first-order chi connectivity index (χ1) is 24.7. The average molecular weight is 644 g/mol. The van der Waals surface area contributed by atoms with Gasteiger partial charge in [0.25, 0.3) is 0 Å². The first-order valence-electron chi connectivity index (χ1n) is 16.7. The Hall–Kier alpha value is -6.72. The number of hydrogen-bond acceptors (Lipinski definition) is 4. The lowest BCUT2D eigenvalue weighted by atomic mass is 9.99. The summed E-state index contributed by atoms with van der Waals surface area (Å²) in [4.78, 5) is 9.11. The van der Waals surface area contributed by atoms with Crippen LogP contribution in [-0.4, -0.2) is 17.5 Å². The third-order valence-corrected chi connectivity index (χ3v) is 9.81. The van der Waals surface area contributed by atoms with Gasteiger partial charge in [0, 0.05) is 39.9 Å². The fourth-order valence-electron chi connectivity index (χ4n) is 7.56. The summed E-state index contributed by atoms with van der Waals surface area (Å²) in [7, 11) is 0. The molecule has 5 heteroatoms. The van der Waals surface area contributed by atoms with E-state index in [0.717, 1.165) is 66.1 Å². The van der Waals surface area contributed by atoms with E-state index in [4.69, 9.17) is 13.8 Å². The van der Waals surface area contributed by atoms with E-state index in [1.165, 1.54) is 21.8 Å². The summed E-state index contributed by atoms with van der Waals surface area (Å²) >= 11 is 0. The summed E-state index contributed by atoms with van der Waals surface area (Å²) in [6, 6.07) is 51.0. The van der Waals surface area contributed by atoms with Gasteiger partial charge in [-0.05, 0) is 82.7 Å². The Morgan fingerprint density at radius 1 is 0.560 bits per heavy atom. The van der Waals surface area contributed by atoms with E-state index >= 15 is 0 Å². The molecule has 5 nitrogen and oxygen atoms in total. The average Bonchev–Trinajstić information content (AvgIpc) is 3.84. The predicted octanol–water partition coefficient (Wildman–Crippen LogP) is 12.5. The summed E-state index contributed by atoms with van der Waals surface area (Å²) in [6.07, 6.45) is 2.54. The zero-order valence-electron chi connectivity index (χ0n) is 27.0. The van der Waals surface area contributed by atoms with Crippen LogP contribution in [0.2, 0.25) is 0 Å². The van der Waals surface area contributed by atoms with Crippen LogP contribution < -0.4 is 0 Å². The van der Waals surface area contributed by atoms with Crippen LogP contribution in [0.4, 0.5) is 11.6 Å². The second-order valence-corrected chi connectivity index (χ2v) is 12.6. The first kappa shape index (κ1) is 28.3. The molecule has 0 aliphatic heterocycles. The third kappa shape index (κ3) is 4.34. The van der Waals surface area contributed by atoms with Crippen molar-refractivity contribution in [2.45, 2.75) is 6.42 Å². The van der Waals surface area contributed by atoms with Gasteiger partial charge in [-0.1, -0.05) is 97.1 Å². The van der Waals surface area contributed by atoms with Crippen molar-refractivity contribution in [3.63, 3.8) is 0 Å². The highest BCUT2D eigenvalue weighted by Crippen LogP contribution is 2.43. The Labute approximate surface area is 287 Å². The van der Waals surface area contributed by atoms with Crippen molar-refractivity contribution in [1.82, 2.24) is 4.57 Å². The number of aromatic nitrogens is 1. The quantitative estimate of drug-likeness (QED) is 0.169. The van der Waals surface area contributed by atoms with E-state index in [1.54, 1.807) is 0 Å². The monoisotopic (exact) mass is 643 g/mol. The van der Waals surface area contributed by atoms with Crippen LogP contribution in [0.1, 0.15) is 5.56 Å². The van der Waals surface area contributed by atoms with E-state index in [-0.39, 0.29) is 0 Å². The summed E-state index contributed by atoms with van der Waals surface area (Å²) in [6.45, 7) is 3.75. The molecule has 236 valence electrons. The molecule has 0 spiro atoms. The van der Waals surface area contributed by atoms with Crippen LogP contribution in [0.3, 0.4) is 0 Å². The summed E-state index contributed by atoms with van der Waals surface area (Å²) < 4.78 is 14.8. The summed E-state index contributed by atoms with van der Waals surface area (Å²) in [5.41, 5.74) is 10.1. The zero-order valence-corrected chi connectivity index (χ0v) is 27.0. The van der Waals surface area contributed by atoms with E-state index in [1.807, 2.05) is 36.5 Å². The highest BCUT2D eigenvalue weighted by atomic mass is 16.3. The van der Waals surface area contributed by atoms with Crippen molar-refractivity contribution in [1.29, 1.82) is 0 Å². The number of benzene rings is 7. The van der Waals surface area contributed by atoms with Crippen molar-refractivity contribution in [3.05, 3.63) is 151 Å². The van der Waals surface area contributed by atoms with Gasteiger partial charge in [-0.3, -0.25) is 4.99 Å². The molecule has 10 rings (SSSR count). The molecule has 0 fully saturated rings. The molecule has 0 atom stereocenters. The highest BCUT2D eigenvalue weighted by molar-refractivity contribution is 6.15. The first-order valence-corrected chi connectivity index (χ1v) is 16.7. The van der Waals surface area contributed by atoms with Crippen LogP contribution >= 0.6 is 0 Å². The number of fused-ring (bicyclic) bond motifs is 9. The standard InChI is InChI=1S/C45H29N3O2/c1-46-45-44(43-33-14-6-5-10-28(33)19-23-41(43)50-45)47-25-24-29-11-9-17-40-42(29)36-26-30(20-22-39(36)49-40)31-18-21-35-34-15-7-8-16-37(34)48(38(35)27-31)32-12-3-2-4-13-32/h2-23,25-27H,1,24H2. The van der Waals surface area contributed by atoms with Crippen LogP contribution in [0, 0.1) is 0 Å². The molecule has 0 aliphatic carbocycles. The number of nitrogens with zero attached hydrogens (tertiary/aromatic N) is 3. The van der Waals surface area contributed by atoms with Crippen molar-refractivity contribution >= 4 is 90.0 Å². The molecule has 3 heterocycles. The lowest BCUT2D eigenvalue weighted by Crippen LogP contribution is -1.93. The Morgan fingerprint density at radius 2 is 1.30 bits per heavy atom. The molecule has 10 aromatic rings. The Balaban J connectivity index is 1.08. The van der Waals surface area contributed by atoms with Crippen molar-refractivity contribution in [3.8, 4) is 16.8 Å². The van der Waals surface area contributed by atoms with Gasteiger partial charge >= 0.3 is 0 Å². The minimum atomic E-state index is 0.424. The minimum absolute atomic E-state index is 0.424. The van der Waals surface area contributed by atoms with Crippen molar-refractivity contribution in [2.24, 2.45) is 9.98 Å². The molecule has 50 heavy (non-hydrogen) atoms. The maximum Gasteiger partial charge on any atom is 0.245 e. The van der Waals surface area contributed by atoms with Crippen LogP contribution in [0.5, 0.6) is 0 Å². The van der Waals surface area contributed by atoms with E-state index in [2.05, 4.69) is 132 Å². The largest absolute Gasteiger partial charge is 0.456 e. The van der Waals surface area contributed by atoms with Gasteiger partial charge in [0.05, 0.1) is 16.4 Å². The second kappa shape index (κ2) is 11.2. The van der Waals surface area contributed by atoms with Gasteiger partial charge in [0.1, 0.15) is 22.4 Å². The van der Waals surface area contributed by atoms with Gasteiger partial charge in [0.2, 0.25) is 5.88 Å². The van der Waals surface area contributed by atoms with E-state index in [0.29, 0.717) is 18.0 Å². The molecule has 0 radical (unpaired) electrons. The Morgan fingerprint density at radius 3 is 2.20 bits per heavy atom. The molecular weight excluding hydrogens is 615 g/mol. The van der Waals surface area contributed by atoms with Crippen molar-refractivity contribution < 1.29 is 8.83 Å². The molecule has 0 N–H and O–H groups in total. The lowest BCUT2D eigenvalue weighted by Gasteiger charge is -2.09. The molecule has 0 unspecified atom stereocenters. The molecule has 7 aromatic carbocycles. The second-order valence-electron chi connectivity index (χ2n) is 12.6. The SMILES string of the molecule is C=Nc1oc2ccc3ccccc3c2c1N=CCc1cccc2oc3ccc(-c4ccc5c6ccccc6n(-c6ccccc6)c5c4)cc3c12. The molecule has 3 aromatic heterocycles. The van der Waals surface area contributed by atoms with Gasteiger partial charge in [0.15, 0.2) is 0 Å². The van der Waals surface area contributed by atoms with Crippen LogP contribution in [0.25, 0.3) is 82.3 Å². The van der Waals surface area contributed by atoms with Crippen LogP contribution in [-0.2, 0) is 6.42 Å². The number of para-hydroxylation sites is 2. The lowest BCUT2D eigenvalue weighted by molar-refractivity contribution is 0.627. The smallest absolute Gasteiger partial charge is 0.245 e. The number of rotatable bonds is 6. The number of furan rings is 2. The fourth-order valence-corrected chi connectivity index (χ4v) is 7.56. The normalized spacial score (nSPS) is 12.1. The number of aliphatic imine (C=N–C) groups is 2. The maximum atomic E-state index is 6.38. The number of hydrogen-bond donors (Lipinski definition) is 0. The van der Waals surface area contributed by atoms with E-state index < -0.39 is 0 Å². The molecular formula is C45H29N3O2. The maximum absolute atomic E-state index is 6.38. The van der Waals surface area contributed by atoms with Gasteiger partial charge in [-0.2, -0.15) is 0 Å². The minimum Gasteiger partial charge on any atom is -0.456 e. The van der Waals surface area contributed by atoms with Gasteiger partial charge in [-0.15, -0.1) is 0 Å². The predicted molar refractivity (Wildman–Crippen MR) is 208 cm³/mol. The molecule has 0 bridgehead atoms. The fraction of sp³-hybridized carbons (Fsp3) is 0.0222. The highest BCUT2D eigenvalue weighted by Gasteiger charge is 2.17. The molecule has 0 aliphatic rings. The zero-order chi connectivity index (χ0) is 33.2. The summed E-state index contributed by atoms with van der Waals surface area (Å²) in [5, 5.41) is 7.80. The van der Waals surface area contributed by atoms with Gasteiger partial charge < -0.3 is 13.4 Å². The van der Waals surface area contributed by atoms with Crippen molar-refractivity contribution in [2.75, 3.05) is 0 Å². The Bertz CT molecular complexity index is 2980. The molecule has 0 saturated heterocycles. The van der Waals surface area contributed by atoms with Gasteiger partial charge in [-0.25, -0.2) is 4.99 Å². The molecule has 0 amide bonds. The van der Waals surface area contributed by atoms with Crippen LogP contribution in [0.15, 0.2) is 164 Å². The molecule has 0 saturated carbocycles. The van der Waals surface area contributed by atoms with E-state index in [9.17, 15) is 0 Å².